The van der Waals surface area contributed by atoms with Crippen molar-refractivity contribution in [3.05, 3.63) is 15.8 Å². The van der Waals surface area contributed by atoms with Gasteiger partial charge in [0.2, 0.25) is 11.7 Å². The van der Waals surface area contributed by atoms with Crippen molar-refractivity contribution < 1.29 is 9.72 Å². The Bertz CT molecular complexity index is 511. The maximum absolute atomic E-state index is 11.8. The fourth-order valence-electron chi connectivity index (χ4n) is 2.27. The molecule has 1 saturated heterocycles. The molecule has 1 atom stereocenters. The van der Waals surface area contributed by atoms with Crippen LogP contribution in [0.25, 0.3) is 0 Å². The van der Waals surface area contributed by atoms with Gasteiger partial charge in [-0.05, 0) is 26.2 Å². The van der Waals surface area contributed by atoms with Crippen LogP contribution in [0.4, 0.5) is 11.5 Å². The smallest absolute Gasteiger partial charge is 0.333 e. The Hall–Kier alpha value is -2.12. The Morgan fingerprint density at radius 1 is 1.53 bits per heavy atom. The van der Waals surface area contributed by atoms with Gasteiger partial charge in [-0.1, -0.05) is 0 Å². The fourth-order valence-corrected chi connectivity index (χ4v) is 2.27. The molecule has 8 nitrogen and oxygen atoms in total. The SMILES string of the molecule is Cc1nn(C)c(NC2CCCCNC2=O)c1[N+](=O)[O-]. The number of nitrogens with zero attached hydrogens (tertiary/aromatic N) is 3. The van der Waals surface area contributed by atoms with Gasteiger partial charge in [-0.25, -0.2) is 4.68 Å². The number of hydrogen-bond donors (Lipinski definition) is 2. The predicted molar refractivity (Wildman–Crippen MR) is 68.9 cm³/mol. The second-order valence-electron chi connectivity index (χ2n) is 4.65. The molecule has 8 heteroatoms. The first-order chi connectivity index (χ1) is 9.00. The summed E-state index contributed by atoms with van der Waals surface area (Å²) in [6.45, 7) is 2.24. The normalized spacial score (nSPS) is 19.7. The third-order valence-corrected chi connectivity index (χ3v) is 3.22. The summed E-state index contributed by atoms with van der Waals surface area (Å²) >= 11 is 0. The Morgan fingerprint density at radius 2 is 2.26 bits per heavy atom. The number of nitro groups is 1. The molecule has 0 spiro atoms. The molecule has 0 bridgehead atoms. The Labute approximate surface area is 110 Å². The molecule has 0 aromatic carbocycles. The van der Waals surface area contributed by atoms with E-state index in [2.05, 4.69) is 15.7 Å². The van der Waals surface area contributed by atoms with Crippen molar-refractivity contribution >= 4 is 17.4 Å². The monoisotopic (exact) mass is 267 g/mol. The van der Waals surface area contributed by atoms with Crippen LogP contribution in [-0.2, 0) is 11.8 Å². The highest BCUT2D eigenvalue weighted by Crippen LogP contribution is 2.28. The zero-order chi connectivity index (χ0) is 14.0. The first-order valence-corrected chi connectivity index (χ1v) is 6.23. The van der Waals surface area contributed by atoms with Crippen LogP contribution >= 0.6 is 0 Å². The average molecular weight is 267 g/mol. The Kier molecular flexibility index (Phi) is 3.68. The van der Waals surface area contributed by atoms with Crippen molar-refractivity contribution in [2.45, 2.75) is 32.2 Å². The van der Waals surface area contributed by atoms with Crippen LogP contribution in [0, 0.1) is 17.0 Å². The summed E-state index contributed by atoms with van der Waals surface area (Å²) in [5.41, 5.74) is 0.267. The second-order valence-corrected chi connectivity index (χ2v) is 4.65. The summed E-state index contributed by atoms with van der Waals surface area (Å²) in [7, 11) is 1.62. The molecular formula is C11H17N5O3. The van der Waals surface area contributed by atoms with E-state index < -0.39 is 11.0 Å². The number of carbonyl (C=O) groups excluding carboxylic acids is 1. The molecule has 2 heterocycles. The number of carbonyl (C=O) groups is 1. The summed E-state index contributed by atoms with van der Waals surface area (Å²) in [4.78, 5) is 22.4. The van der Waals surface area contributed by atoms with Crippen molar-refractivity contribution in [3.63, 3.8) is 0 Å². The van der Waals surface area contributed by atoms with Gasteiger partial charge < -0.3 is 10.6 Å². The van der Waals surface area contributed by atoms with Crippen LogP contribution in [0.3, 0.4) is 0 Å². The molecule has 0 saturated carbocycles. The summed E-state index contributed by atoms with van der Waals surface area (Å²) < 4.78 is 1.41. The number of aromatic nitrogens is 2. The summed E-state index contributed by atoms with van der Waals surface area (Å²) in [6.07, 6.45) is 2.49. The lowest BCUT2D eigenvalue weighted by Gasteiger charge is -2.15. The van der Waals surface area contributed by atoms with E-state index in [0.29, 0.717) is 18.7 Å². The zero-order valence-corrected chi connectivity index (χ0v) is 11.0. The van der Waals surface area contributed by atoms with E-state index in [-0.39, 0.29) is 17.4 Å². The number of anilines is 1. The Morgan fingerprint density at radius 3 is 2.95 bits per heavy atom. The molecule has 1 aromatic rings. The molecule has 1 aromatic heterocycles. The summed E-state index contributed by atoms with van der Waals surface area (Å²) in [6, 6.07) is -0.448. The fraction of sp³-hybridized carbons (Fsp3) is 0.636. The molecule has 1 aliphatic rings. The Balaban J connectivity index is 2.27. The second kappa shape index (κ2) is 5.25. The summed E-state index contributed by atoms with van der Waals surface area (Å²) in [5.74, 6) is 0.162. The maximum atomic E-state index is 11.8. The van der Waals surface area contributed by atoms with Gasteiger partial charge >= 0.3 is 5.69 Å². The third-order valence-electron chi connectivity index (χ3n) is 3.22. The molecule has 1 aliphatic heterocycles. The standard InChI is InChI=1S/C11H17N5O3/c1-7-9(16(18)19)10(15(2)14-7)13-8-5-3-4-6-12-11(8)17/h8,13H,3-6H2,1-2H3,(H,12,17). The van der Waals surface area contributed by atoms with E-state index in [1.807, 2.05) is 0 Å². The van der Waals surface area contributed by atoms with Crippen LogP contribution in [0.2, 0.25) is 0 Å². The number of aryl methyl sites for hydroxylation is 2. The summed E-state index contributed by atoms with van der Waals surface area (Å²) in [5, 5.41) is 20.8. The van der Waals surface area contributed by atoms with E-state index in [4.69, 9.17) is 0 Å². The first kappa shape index (κ1) is 13.3. The van der Waals surface area contributed by atoms with Crippen molar-refractivity contribution in [2.24, 2.45) is 7.05 Å². The lowest BCUT2D eigenvalue weighted by molar-refractivity contribution is -0.384. The largest absolute Gasteiger partial charge is 0.354 e. The van der Waals surface area contributed by atoms with Gasteiger partial charge in [-0.15, -0.1) is 0 Å². The lowest BCUT2D eigenvalue weighted by Crippen LogP contribution is -2.38. The molecule has 2 N–H and O–H groups in total. The minimum absolute atomic E-state index is 0.0699. The van der Waals surface area contributed by atoms with Crippen LogP contribution in [0.1, 0.15) is 25.0 Å². The minimum atomic E-state index is -0.473. The van der Waals surface area contributed by atoms with Crippen LogP contribution in [-0.4, -0.2) is 33.2 Å². The van der Waals surface area contributed by atoms with E-state index in [9.17, 15) is 14.9 Å². The lowest BCUT2D eigenvalue weighted by atomic mass is 10.1. The van der Waals surface area contributed by atoms with Gasteiger partial charge in [-0.3, -0.25) is 14.9 Å². The van der Waals surface area contributed by atoms with Gasteiger partial charge in [0.05, 0.1) is 4.92 Å². The topological polar surface area (TPSA) is 102 Å². The molecule has 1 amide bonds. The zero-order valence-electron chi connectivity index (χ0n) is 11.0. The quantitative estimate of drug-likeness (QED) is 0.620. The maximum Gasteiger partial charge on any atom is 0.333 e. The molecule has 104 valence electrons. The number of nitrogens with one attached hydrogen (secondary N) is 2. The highest BCUT2D eigenvalue weighted by molar-refractivity contribution is 5.85. The molecule has 19 heavy (non-hydrogen) atoms. The van der Waals surface area contributed by atoms with Gasteiger partial charge in [0, 0.05) is 13.6 Å². The first-order valence-electron chi connectivity index (χ1n) is 6.23. The van der Waals surface area contributed by atoms with Gasteiger partial charge in [0.1, 0.15) is 11.7 Å². The average Bonchev–Trinajstić information content (AvgIpc) is 2.48. The minimum Gasteiger partial charge on any atom is -0.354 e. The van der Waals surface area contributed by atoms with Gasteiger partial charge in [0.15, 0.2) is 0 Å². The molecule has 0 radical (unpaired) electrons. The van der Waals surface area contributed by atoms with Crippen LogP contribution in [0.5, 0.6) is 0 Å². The molecular weight excluding hydrogens is 250 g/mol. The molecule has 0 aliphatic carbocycles. The van der Waals surface area contributed by atoms with E-state index in [1.165, 1.54) is 4.68 Å². The van der Waals surface area contributed by atoms with Crippen LogP contribution < -0.4 is 10.6 Å². The third kappa shape index (κ3) is 2.67. The predicted octanol–water partition coefficient (Wildman–Crippen LogP) is 0.717. The van der Waals surface area contributed by atoms with E-state index >= 15 is 0 Å². The van der Waals surface area contributed by atoms with Crippen LogP contribution in [0.15, 0.2) is 0 Å². The highest BCUT2D eigenvalue weighted by Gasteiger charge is 2.28. The van der Waals surface area contributed by atoms with E-state index in [0.717, 1.165) is 12.8 Å². The molecule has 1 fully saturated rings. The molecule has 2 rings (SSSR count). The van der Waals surface area contributed by atoms with Gasteiger partial charge in [0.25, 0.3) is 0 Å². The number of amides is 1. The van der Waals surface area contributed by atoms with E-state index in [1.54, 1.807) is 14.0 Å². The molecule has 1 unspecified atom stereocenters. The number of rotatable bonds is 3. The highest BCUT2D eigenvalue weighted by atomic mass is 16.6. The van der Waals surface area contributed by atoms with Crippen molar-refractivity contribution in [1.82, 2.24) is 15.1 Å². The van der Waals surface area contributed by atoms with Crippen molar-refractivity contribution in [1.29, 1.82) is 0 Å². The number of hydrogen-bond acceptors (Lipinski definition) is 5. The van der Waals surface area contributed by atoms with Crippen molar-refractivity contribution in [3.8, 4) is 0 Å². The van der Waals surface area contributed by atoms with Gasteiger partial charge in [-0.2, -0.15) is 5.10 Å². The van der Waals surface area contributed by atoms with Crippen molar-refractivity contribution in [2.75, 3.05) is 11.9 Å².